The topological polar surface area (TPSA) is 132 Å². The number of fused-ring (bicyclic) bond motifs is 1. The Bertz CT molecular complexity index is 1530. The number of methoxy groups -OCH3 is 1. The molecule has 0 bridgehead atoms. The van der Waals surface area contributed by atoms with Gasteiger partial charge in [-0.05, 0) is 73.7 Å². The summed E-state index contributed by atoms with van der Waals surface area (Å²) in [6, 6.07) is 13.8. The van der Waals surface area contributed by atoms with Crippen molar-refractivity contribution in [3.8, 4) is 11.5 Å². The van der Waals surface area contributed by atoms with E-state index < -0.39 is 41.9 Å². The van der Waals surface area contributed by atoms with Crippen LogP contribution in [0.15, 0.2) is 66.7 Å². The Balaban J connectivity index is 1.51. The van der Waals surface area contributed by atoms with Gasteiger partial charge in [0.05, 0.1) is 37.4 Å². The first-order valence-corrected chi connectivity index (χ1v) is 14.4. The van der Waals surface area contributed by atoms with Crippen molar-refractivity contribution in [3.63, 3.8) is 0 Å². The van der Waals surface area contributed by atoms with Gasteiger partial charge in [-0.15, -0.1) is 0 Å². The van der Waals surface area contributed by atoms with E-state index in [1.54, 1.807) is 43.3 Å². The number of carbonyl (C=O) groups is 3. The number of anilines is 3. The number of urea groups is 2. The molecule has 0 fully saturated rings. The molecule has 0 saturated heterocycles. The molecule has 0 aliphatic carbocycles. The predicted molar refractivity (Wildman–Crippen MR) is 166 cm³/mol. The zero-order valence-corrected chi connectivity index (χ0v) is 25.7. The lowest BCUT2D eigenvalue weighted by molar-refractivity contribution is -0.137. The van der Waals surface area contributed by atoms with Crippen molar-refractivity contribution in [2.24, 2.45) is 5.92 Å². The predicted octanol–water partition coefficient (Wildman–Crippen LogP) is 5.74. The summed E-state index contributed by atoms with van der Waals surface area (Å²) in [5.41, 5.74) is 0.344. The highest BCUT2D eigenvalue weighted by Crippen LogP contribution is 2.32. The van der Waals surface area contributed by atoms with Gasteiger partial charge in [-0.3, -0.25) is 4.79 Å². The van der Waals surface area contributed by atoms with Crippen LogP contribution < -0.4 is 25.4 Å². The Morgan fingerprint density at radius 1 is 1.02 bits per heavy atom. The highest BCUT2D eigenvalue weighted by Gasteiger charge is 2.34. The third kappa shape index (κ3) is 8.38. The summed E-state index contributed by atoms with van der Waals surface area (Å²) in [6.45, 7) is 3.51. The van der Waals surface area contributed by atoms with Crippen LogP contribution in [0.25, 0.3) is 0 Å². The summed E-state index contributed by atoms with van der Waals surface area (Å²) in [6.07, 6.45) is -5.12. The number of hydrogen-bond acceptors (Lipinski definition) is 6. The van der Waals surface area contributed by atoms with Gasteiger partial charge < -0.3 is 40.3 Å². The zero-order valence-electron chi connectivity index (χ0n) is 25.7. The van der Waals surface area contributed by atoms with Gasteiger partial charge in [-0.2, -0.15) is 13.2 Å². The summed E-state index contributed by atoms with van der Waals surface area (Å²) in [4.78, 5) is 42.2. The molecular weight excluding hydrogens is 607 g/mol. The average Bonchev–Trinajstić information content (AvgIpc) is 3.02. The summed E-state index contributed by atoms with van der Waals surface area (Å²) < 4.78 is 50.1. The fourth-order valence-electron chi connectivity index (χ4n) is 4.80. The number of amides is 5. The molecule has 3 atom stereocenters. The van der Waals surface area contributed by atoms with Crippen molar-refractivity contribution >= 4 is 35.0 Å². The van der Waals surface area contributed by atoms with Crippen LogP contribution in [0.5, 0.6) is 11.5 Å². The molecule has 1 aliphatic rings. The van der Waals surface area contributed by atoms with E-state index in [9.17, 15) is 32.7 Å². The van der Waals surface area contributed by atoms with Crippen LogP contribution in [0.4, 0.5) is 39.8 Å². The third-order valence-electron chi connectivity index (χ3n) is 7.53. The molecule has 14 heteroatoms. The molecule has 1 aliphatic heterocycles. The number of halogens is 3. The molecule has 1 heterocycles. The Morgan fingerprint density at radius 2 is 1.61 bits per heavy atom. The second kappa shape index (κ2) is 14.4. The average molecular weight is 644 g/mol. The summed E-state index contributed by atoms with van der Waals surface area (Å²) >= 11 is 0. The van der Waals surface area contributed by atoms with E-state index in [1.807, 2.05) is 6.92 Å². The molecule has 46 heavy (non-hydrogen) atoms. The van der Waals surface area contributed by atoms with Crippen molar-refractivity contribution in [2.75, 3.05) is 49.8 Å². The molecular formula is C32H36F3N5O6. The molecule has 246 valence electrons. The molecule has 0 radical (unpaired) electrons. The first-order valence-electron chi connectivity index (χ1n) is 14.4. The molecule has 4 N–H and O–H groups in total. The number of aliphatic hydroxyl groups is 1. The van der Waals surface area contributed by atoms with Gasteiger partial charge >= 0.3 is 18.2 Å². The van der Waals surface area contributed by atoms with Crippen LogP contribution in [0.1, 0.15) is 29.8 Å². The number of alkyl halides is 3. The van der Waals surface area contributed by atoms with Gasteiger partial charge in [-0.1, -0.05) is 6.92 Å². The second-order valence-electron chi connectivity index (χ2n) is 11.0. The molecule has 4 rings (SSSR count). The maximum atomic E-state index is 13.7. The minimum atomic E-state index is -4.50. The fourth-order valence-corrected chi connectivity index (χ4v) is 4.80. The second-order valence-corrected chi connectivity index (χ2v) is 11.0. The standard InChI is InChI=1S/C32H36F3N5O6/c1-19-16-40(20(2)18-41)29(42)26-15-24(37-30(43)36-22-9-12-25(45-4)13-10-22)11-14-27(26)46-28(19)17-39(3)31(44)38-23-7-5-21(6-8-23)32(33,34)35/h5-15,19-20,28,41H,16-18H2,1-4H3,(H,38,44)(H2,36,37,43)/t19-,20+,28+/m0/s1. The van der Waals surface area contributed by atoms with Crippen LogP contribution in [0.2, 0.25) is 0 Å². The van der Waals surface area contributed by atoms with Crippen molar-refractivity contribution in [3.05, 3.63) is 77.9 Å². The maximum Gasteiger partial charge on any atom is 0.416 e. The molecule has 3 aromatic carbocycles. The van der Waals surface area contributed by atoms with Gasteiger partial charge in [-0.25, -0.2) is 9.59 Å². The summed E-state index contributed by atoms with van der Waals surface area (Å²) in [7, 11) is 3.05. The van der Waals surface area contributed by atoms with Crippen LogP contribution in [0, 0.1) is 5.92 Å². The zero-order chi connectivity index (χ0) is 33.6. The lowest BCUT2D eigenvalue weighted by Crippen LogP contribution is -2.50. The molecule has 11 nitrogen and oxygen atoms in total. The molecule has 5 amide bonds. The largest absolute Gasteiger partial charge is 0.497 e. The van der Waals surface area contributed by atoms with E-state index in [-0.39, 0.29) is 42.6 Å². The Kier molecular flexibility index (Phi) is 10.6. The highest BCUT2D eigenvalue weighted by atomic mass is 19.4. The SMILES string of the molecule is COc1ccc(NC(=O)Nc2ccc3c(c2)C(=O)N([C@H](C)CO)C[C@H](C)[C@@H](CN(C)C(=O)Nc2ccc(C(F)(F)F)cc2)O3)cc1. The third-order valence-corrected chi connectivity index (χ3v) is 7.53. The number of nitrogens with one attached hydrogen (secondary N) is 3. The van der Waals surface area contributed by atoms with Gasteiger partial charge in [0.2, 0.25) is 0 Å². The Hall–Kier alpha value is -4.98. The molecule has 0 saturated carbocycles. The number of benzene rings is 3. The van der Waals surface area contributed by atoms with E-state index in [0.29, 0.717) is 17.1 Å². The lowest BCUT2D eigenvalue weighted by atomic mass is 9.99. The van der Waals surface area contributed by atoms with Crippen LogP contribution >= 0.6 is 0 Å². The summed E-state index contributed by atoms with van der Waals surface area (Å²) in [5.74, 6) is 0.135. The van der Waals surface area contributed by atoms with E-state index in [1.165, 1.54) is 42.2 Å². The molecule has 0 aromatic heterocycles. The Morgan fingerprint density at radius 3 is 2.22 bits per heavy atom. The number of nitrogens with zero attached hydrogens (tertiary/aromatic N) is 2. The normalized spacial score (nSPS) is 17.0. The molecule has 3 aromatic rings. The number of rotatable bonds is 8. The smallest absolute Gasteiger partial charge is 0.416 e. The quantitative estimate of drug-likeness (QED) is 0.248. The molecule has 0 unspecified atom stereocenters. The van der Waals surface area contributed by atoms with E-state index >= 15 is 0 Å². The first-order chi connectivity index (χ1) is 21.8. The Labute approximate surface area is 264 Å². The van der Waals surface area contributed by atoms with Crippen LogP contribution in [-0.2, 0) is 6.18 Å². The van der Waals surface area contributed by atoms with Crippen LogP contribution in [0.3, 0.4) is 0 Å². The number of aliphatic hydroxyl groups excluding tert-OH is 1. The maximum absolute atomic E-state index is 13.7. The minimum Gasteiger partial charge on any atom is -0.497 e. The minimum absolute atomic E-state index is 0.0624. The summed E-state index contributed by atoms with van der Waals surface area (Å²) in [5, 5.41) is 17.9. The van der Waals surface area contributed by atoms with Crippen molar-refractivity contribution < 1.29 is 42.1 Å². The molecule has 0 spiro atoms. The van der Waals surface area contributed by atoms with Crippen LogP contribution in [-0.4, -0.2) is 78.9 Å². The van der Waals surface area contributed by atoms with Crippen molar-refractivity contribution in [2.45, 2.75) is 32.2 Å². The van der Waals surface area contributed by atoms with E-state index in [0.717, 1.165) is 12.1 Å². The van der Waals surface area contributed by atoms with Gasteiger partial charge in [0.15, 0.2) is 0 Å². The van der Waals surface area contributed by atoms with Gasteiger partial charge in [0.25, 0.3) is 5.91 Å². The lowest BCUT2D eigenvalue weighted by Gasteiger charge is -2.38. The van der Waals surface area contributed by atoms with Crippen molar-refractivity contribution in [1.29, 1.82) is 0 Å². The van der Waals surface area contributed by atoms with Gasteiger partial charge in [0, 0.05) is 36.6 Å². The van der Waals surface area contributed by atoms with Crippen molar-refractivity contribution in [1.82, 2.24) is 9.80 Å². The number of hydrogen-bond donors (Lipinski definition) is 4. The first kappa shape index (κ1) is 33.9. The number of likely N-dealkylation sites (N-methyl/N-ethyl adjacent to an activating group) is 1. The fraction of sp³-hybridized carbons (Fsp3) is 0.344. The number of ether oxygens (including phenoxy) is 2. The highest BCUT2D eigenvalue weighted by molar-refractivity contribution is 6.02. The van der Waals surface area contributed by atoms with Gasteiger partial charge in [0.1, 0.15) is 17.6 Å². The van der Waals surface area contributed by atoms with E-state index in [4.69, 9.17) is 9.47 Å². The number of carbonyl (C=O) groups excluding carboxylic acids is 3. The monoisotopic (exact) mass is 643 g/mol. The van der Waals surface area contributed by atoms with E-state index in [2.05, 4.69) is 16.0 Å².